The van der Waals surface area contributed by atoms with Crippen LogP contribution in [0, 0.1) is 5.41 Å². The van der Waals surface area contributed by atoms with Crippen LogP contribution in [-0.4, -0.2) is 26.1 Å². The van der Waals surface area contributed by atoms with Gasteiger partial charge >= 0.3 is 0 Å². The van der Waals surface area contributed by atoms with Gasteiger partial charge in [0.05, 0.1) is 18.2 Å². The van der Waals surface area contributed by atoms with E-state index in [1.807, 2.05) is 0 Å². The van der Waals surface area contributed by atoms with Crippen molar-refractivity contribution in [3.8, 4) is 5.75 Å². The molecule has 4 nitrogen and oxygen atoms in total. The Kier molecular flexibility index (Phi) is 4.89. The summed E-state index contributed by atoms with van der Waals surface area (Å²) < 4.78 is 5.27. The lowest BCUT2D eigenvalue weighted by Gasteiger charge is -2.35. The Labute approximate surface area is 124 Å². The number of carbonyl (C=O) groups is 1. The Morgan fingerprint density at radius 3 is 2.75 bits per heavy atom. The number of nitrogens with one attached hydrogen (secondary N) is 2. The molecule has 2 N–H and O–H groups in total. The first-order valence-corrected chi connectivity index (χ1v) is 7.35. The van der Waals surface area contributed by atoms with Gasteiger partial charge in [-0.2, -0.15) is 0 Å². The maximum atomic E-state index is 12.7. The number of piperidine rings is 1. The minimum Gasteiger partial charge on any atom is -0.495 e. The van der Waals surface area contributed by atoms with Gasteiger partial charge in [-0.05, 0) is 50.6 Å². The highest BCUT2D eigenvalue weighted by Gasteiger charge is 2.37. The molecule has 0 atom stereocenters. The highest BCUT2D eigenvalue weighted by molar-refractivity contribution is 6.31. The first-order chi connectivity index (χ1) is 9.61. The molecule has 1 amide bonds. The molecule has 0 saturated carbocycles. The van der Waals surface area contributed by atoms with Gasteiger partial charge < -0.3 is 15.4 Å². The Hall–Kier alpha value is -1.26. The van der Waals surface area contributed by atoms with E-state index in [4.69, 9.17) is 16.3 Å². The van der Waals surface area contributed by atoms with Gasteiger partial charge in [0.15, 0.2) is 0 Å². The first-order valence-electron chi connectivity index (χ1n) is 6.97. The summed E-state index contributed by atoms with van der Waals surface area (Å²) in [6.45, 7) is 3.84. The molecule has 1 fully saturated rings. The zero-order valence-corrected chi connectivity index (χ0v) is 12.7. The van der Waals surface area contributed by atoms with E-state index in [-0.39, 0.29) is 11.3 Å². The minimum absolute atomic E-state index is 0.0575. The Balaban J connectivity index is 2.20. The van der Waals surface area contributed by atoms with Gasteiger partial charge in [0.2, 0.25) is 5.91 Å². The van der Waals surface area contributed by atoms with Crippen LogP contribution in [0.5, 0.6) is 5.75 Å². The molecule has 110 valence electrons. The molecule has 1 aliphatic rings. The molecule has 0 bridgehead atoms. The van der Waals surface area contributed by atoms with Crippen LogP contribution in [0.25, 0.3) is 0 Å². The molecule has 2 rings (SSSR count). The summed E-state index contributed by atoms with van der Waals surface area (Å²) in [4.78, 5) is 12.7. The van der Waals surface area contributed by atoms with Crippen molar-refractivity contribution in [1.29, 1.82) is 0 Å². The van der Waals surface area contributed by atoms with E-state index >= 15 is 0 Å². The van der Waals surface area contributed by atoms with Crippen molar-refractivity contribution >= 4 is 23.2 Å². The zero-order valence-electron chi connectivity index (χ0n) is 12.0. The normalized spacial score (nSPS) is 17.6. The number of amides is 1. The predicted octanol–water partition coefficient (Wildman–Crippen LogP) is 3.07. The monoisotopic (exact) mass is 296 g/mol. The Morgan fingerprint density at radius 2 is 2.15 bits per heavy atom. The van der Waals surface area contributed by atoms with Gasteiger partial charge in [-0.25, -0.2) is 0 Å². The van der Waals surface area contributed by atoms with E-state index in [2.05, 4.69) is 17.6 Å². The molecule has 1 aromatic rings. The van der Waals surface area contributed by atoms with Crippen LogP contribution in [0.3, 0.4) is 0 Å². The summed E-state index contributed by atoms with van der Waals surface area (Å²) in [5, 5.41) is 6.87. The molecule has 5 heteroatoms. The van der Waals surface area contributed by atoms with Gasteiger partial charge in [-0.1, -0.05) is 18.5 Å². The largest absolute Gasteiger partial charge is 0.495 e. The van der Waals surface area contributed by atoms with E-state index in [9.17, 15) is 4.79 Å². The number of methoxy groups -OCH3 is 1. The van der Waals surface area contributed by atoms with Crippen LogP contribution in [0.1, 0.15) is 26.2 Å². The van der Waals surface area contributed by atoms with E-state index in [1.54, 1.807) is 25.3 Å². The summed E-state index contributed by atoms with van der Waals surface area (Å²) >= 11 is 5.99. The smallest absolute Gasteiger partial charge is 0.230 e. The quantitative estimate of drug-likeness (QED) is 0.898. The van der Waals surface area contributed by atoms with Crippen molar-refractivity contribution in [2.45, 2.75) is 26.2 Å². The van der Waals surface area contributed by atoms with Crippen LogP contribution < -0.4 is 15.4 Å². The lowest BCUT2D eigenvalue weighted by Crippen LogP contribution is -2.44. The van der Waals surface area contributed by atoms with Gasteiger partial charge in [0.1, 0.15) is 5.75 Å². The topological polar surface area (TPSA) is 50.4 Å². The van der Waals surface area contributed by atoms with Gasteiger partial charge in [-0.15, -0.1) is 0 Å². The average molecular weight is 297 g/mol. The number of ether oxygens (including phenoxy) is 1. The maximum absolute atomic E-state index is 12.7. The molecular weight excluding hydrogens is 276 g/mol. The van der Waals surface area contributed by atoms with Crippen molar-refractivity contribution in [2.75, 3.05) is 25.5 Å². The molecule has 0 aromatic heterocycles. The van der Waals surface area contributed by atoms with E-state index in [1.165, 1.54) is 0 Å². The van der Waals surface area contributed by atoms with Crippen LogP contribution >= 0.6 is 11.6 Å². The molecule has 20 heavy (non-hydrogen) atoms. The number of anilines is 1. The summed E-state index contributed by atoms with van der Waals surface area (Å²) in [7, 11) is 1.58. The van der Waals surface area contributed by atoms with E-state index in [0.29, 0.717) is 16.5 Å². The maximum Gasteiger partial charge on any atom is 0.230 e. The molecule has 0 aliphatic carbocycles. The van der Waals surface area contributed by atoms with Crippen LogP contribution in [0.4, 0.5) is 5.69 Å². The van der Waals surface area contributed by atoms with Crippen molar-refractivity contribution in [3.63, 3.8) is 0 Å². The van der Waals surface area contributed by atoms with Crippen molar-refractivity contribution < 1.29 is 9.53 Å². The molecule has 0 unspecified atom stereocenters. The third-order valence-corrected chi connectivity index (χ3v) is 4.36. The molecule has 1 saturated heterocycles. The van der Waals surface area contributed by atoms with Crippen LogP contribution in [0.2, 0.25) is 5.02 Å². The van der Waals surface area contributed by atoms with Gasteiger partial charge in [0, 0.05) is 5.02 Å². The standard InChI is InChI=1S/C15H21ClN2O2/c1-3-15(6-8-17-9-7-15)14(19)18-12-10-11(16)4-5-13(12)20-2/h4-5,10,17H,3,6-9H2,1-2H3,(H,18,19). The second-order valence-electron chi connectivity index (χ2n) is 5.18. The second-order valence-corrected chi connectivity index (χ2v) is 5.62. The molecule has 1 aliphatic heterocycles. The van der Waals surface area contributed by atoms with Crippen molar-refractivity contribution in [2.24, 2.45) is 5.41 Å². The molecular formula is C15H21ClN2O2. The average Bonchev–Trinajstić information content (AvgIpc) is 2.48. The van der Waals surface area contributed by atoms with Crippen LogP contribution in [-0.2, 0) is 4.79 Å². The lowest BCUT2D eigenvalue weighted by atomic mass is 9.76. The molecule has 1 heterocycles. The summed E-state index contributed by atoms with van der Waals surface area (Å²) in [6.07, 6.45) is 2.56. The number of hydrogen-bond acceptors (Lipinski definition) is 3. The summed E-state index contributed by atoms with van der Waals surface area (Å²) in [6, 6.07) is 5.23. The number of halogens is 1. The summed E-state index contributed by atoms with van der Waals surface area (Å²) in [5.41, 5.74) is 0.342. The zero-order chi connectivity index (χ0) is 14.6. The third kappa shape index (κ3) is 3.07. The number of benzene rings is 1. The predicted molar refractivity (Wildman–Crippen MR) is 81.5 cm³/mol. The fourth-order valence-corrected chi connectivity index (χ4v) is 2.85. The Morgan fingerprint density at radius 1 is 1.45 bits per heavy atom. The minimum atomic E-state index is -0.293. The first kappa shape index (κ1) is 15.1. The molecule has 0 radical (unpaired) electrons. The Bertz CT molecular complexity index is 485. The van der Waals surface area contributed by atoms with Crippen molar-refractivity contribution in [1.82, 2.24) is 5.32 Å². The molecule has 1 aromatic carbocycles. The highest BCUT2D eigenvalue weighted by Crippen LogP contribution is 2.36. The van der Waals surface area contributed by atoms with Gasteiger partial charge in [-0.3, -0.25) is 4.79 Å². The molecule has 0 spiro atoms. The fourth-order valence-electron chi connectivity index (χ4n) is 2.68. The third-order valence-electron chi connectivity index (χ3n) is 4.13. The lowest BCUT2D eigenvalue weighted by molar-refractivity contribution is -0.127. The summed E-state index contributed by atoms with van der Waals surface area (Å²) in [5.74, 6) is 0.685. The van der Waals surface area contributed by atoms with Gasteiger partial charge in [0.25, 0.3) is 0 Å². The van der Waals surface area contributed by atoms with E-state index < -0.39 is 0 Å². The SMILES string of the molecule is CCC1(C(=O)Nc2cc(Cl)ccc2OC)CCNCC1. The fraction of sp³-hybridized carbons (Fsp3) is 0.533. The van der Waals surface area contributed by atoms with E-state index in [0.717, 1.165) is 32.4 Å². The second kappa shape index (κ2) is 6.46. The van der Waals surface area contributed by atoms with Crippen molar-refractivity contribution in [3.05, 3.63) is 23.2 Å². The van der Waals surface area contributed by atoms with Crippen LogP contribution in [0.15, 0.2) is 18.2 Å². The number of carbonyl (C=O) groups excluding carboxylic acids is 1. The number of hydrogen-bond donors (Lipinski definition) is 2. The number of rotatable bonds is 4. The highest BCUT2D eigenvalue weighted by atomic mass is 35.5.